The summed E-state index contributed by atoms with van der Waals surface area (Å²) in [7, 11) is 2.83. The molecule has 1 aliphatic heterocycles. The minimum absolute atomic E-state index is 0.0883. The van der Waals surface area contributed by atoms with Crippen molar-refractivity contribution in [1.82, 2.24) is 9.88 Å². The quantitative estimate of drug-likeness (QED) is 0.492. The van der Waals surface area contributed by atoms with E-state index in [0.717, 1.165) is 31.5 Å². The molecule has 1 N–H and O–H groups in total. The number of para-hydroxylation sites is 1. The van der Waals surface area contributed by atoms with Crippen molar-refractivity contribution >= 4 is 34.5 Å². The summed E-state index contributed by atoms with van der Waals surface area (Å²) < 4.78 is 13.2. The molecular formula is C23H30N4O4S. The Balaban J connectivity index is 1.63. The van der Waals surface area contributed by atoms with Crippen molar-refractivity contribution in [2.24, 2.45) is 0 Å². The van der Waals surface area contributed by atoms with Crippen molar-refractivity contribution < 1.29 is 19.1 Å². The number of aromatic nitrogens is 1. The number of amides is 1. The molecule has 1 aliphatic rings. The van der Waals surface area contributed by atoms with Gasteiger partial charge in [-0.05, 0) is 30.5 Å². The number of nitrogens with zero attached hydrogens (tertiary/aromatic N) is 3. The van der Waals surface area contributed by atoms with Crippen LogP contribution >= 0.6 is 11.9 Å². The Morgan fingerprint density at radius 3 is 2.44 bits per heavy atom. The highest BCUT2D eigenvalue weighted by Crippen LogP contribution is 2.29. The van der Waals surface area contributed by atoms with Gasteiger partial charge in [-0.15, -0.1) is 0 Å². The molecule has 8 nitrogen and oxygen atoms in total. The van der Waals surface area contributed by atoms with Crippen LogP contribution in [0, 0.1) is 0 Å². The van der Waals surface area contributed by atoms with Crippen molar-refractivity contribution in [3.05, 3.63) is 47.2 Å². The fourth-order valence-electron chi connectivity index (χ4n) is 3.73. The zero-order chi connectivity index (χ0) is 23.1. The SMILES string of the molecule is CCc1ccccc1N1CCN(C(=O)SNc2cc(C(=O)OC)c(CC)nc2OC)CC1. The van der Waals surface area contributed by atoms with Crippen LogP contribution in [0.15, 0.2) is 30.3 Å². The average molecular weight is 459 g/mol. The predicted molar refractivity (Wildman–Crippen MR) is 128 cm³/mol. The molecule has 1 aromatic carbocycles. The van der Waals surface area contributed by atoms with E-state index in [1.807, 2.05) is 11.8 Å². The first-order valence-corrected chi connectivity index (χ1v) is 11.5. The molecule has 0 atom stereocenters. The van der Waals surface area contributed by atoms with Crippen LogP contribution in [0.5, 0.6) is 5.88 Å². The van der Waals surface area contributed by atoms with E-state index in [1.165, 1.54) is 25.5 Å². The Kier molecular flexibility index (Phi) is 8.21. The van der Waals surface area contributed by atoms with Gasteiger partial charge in [-0.3, -0.25) is 4.79 Å². The lowest BCUT2D eigenvalue weighted by atomic mass is 10.1. The van der Waals surface area contributed by atoms with Gasteiger partial charge in [-0.2, -0.15) is 0 Å². The number of ether oxygens (including phenoxy) is 2. The number of carbonyl (C=O) groups excluding carboxylic acids is 2. The minimum Gasteiger partial charge on any atom is -0.479 e. The van der Waals surface area contributed by atoms with Gasteiger partial charge in [-0.25, -0.2) is 9.78 Å². The van der Waals surface area contributed by atoms with Crippen LogP contribution in [0.4, 0.5) is 16.2 Å². The molecule has 0 aliphatic carbocycles. The monoisotopic (exact) mass is 458 g/mol. The summed E-state index contributed by atoms with van der Waals surface area (Å²) in [6.45, 7) is 6.91. The third-order valence-corrected chi connectivity index (χ3v) is 6.25. The van der Waals surface area contributed by atoms with Crippen LogP contribution in [0.2, 0.25) is 0 Å². The number of carbonyl (C=O) groups is 2. The van der Waals surface area contributed by atoms with Crippen molar-refractivity contribution in [3.8, 4) is 5.88 Å². The molecule has 1 aromatic heterocycles. The number of pyridine rings is 1. The number of aryl methyl sites for hydroxylation is 2. The maximum Gasteiger partial charge on any atom is 0.339 e. The molecule has 9 heteroatoms. The first-order chi connectivity index (χ1) is 15.5. The normalized spacial score (nSPS) is 13.6. The van der Waals surface area contributed by atoms with Gasteiger partial charge in [0, 0.05) is 43.8 Å². The first-order valence-electron chi connectivity index (χ1n) is 10.7. The maximum atomic E-state index is 12.8. The molecule has 2 aromatic rings. The highest BCUT2D eigenvalue weighted by atomic mass is 32.2. The van der Waals surface area contributed by atoms with E-state index in [0.29, 0.717) is 42.3 Å². The van der Waals surface area contributed by atoms with Crippen molar-refractivity contribution in [2.45, 2.75) is 26.7 Å². The van der Waals surface area contributed by atoms with E-state index in [2.05, 4.69) is 45.8 Å². The van der Waals surface area contributed by atoms with Crippen LogP contribution in [0.3, 0.4) is 0 Å². The Labute approximate surface area is 193 Å². The lowest BCUT2D eigenvalue weighted by Crippen LogP contribution is -2.48. The lowest BCUT2D eigenvalue weighted by Gasteiger charge is -2.36. The number of rotatable bonds is 7. The summed E-state index contributed by atoms with van der Waals surface area (Å²) in [6.07, 6.45) is 1.54. The third-order valence-electron chi connectivity index (χ3n) is 5.50. The molecule has 2 heterocycles. The number of piperazine rings is 1. The maximum absolute atomic E-state index is 12.8. The minimum atomic E-state index is -0.472. The van der Waals surface area contributed by atoms with E-state index in [1.54, 1.807) is 6.07 Å². The Morgan fingerprint density at radius 2 is 1.81 bits per heavy atom. The van der Waals surface area contributed by atoms with Crippen LogP contribution in [-0.2, 0) is 17.6 Å². The number of methoxy groups -OCH3 is 2. The molecule has 1 fully saturated rings. The lowest BCUT2D eigenvalue weighted by molar-refractivity contribution is 0.0599. The highest BCUT2D eigenvalue weighted by molar-refractivity contribution is 8.14. The largest absolute Gasteiger partial charge is 0.479 e. The molecule has 0 radical (unpaired) electrons. The summed E-state index contributed by atoms with van der Waals surface area (Å²) in [5, 5.41) is -0.0883. The van der Waals surface area contributed by atoms with Crippen molar-refractivity contribution in [1.29, 1.82) is 0 Å². The summed E-state index contributed by atoms with van der Waals surface area (Å²) in [4.78, 5) is 33.5. The van der Waals surface area contributed by atoms with E-state index >= 15 is 0 Å². The smallest absolute Gasteiger partial charge is 0.339 e. The second-order valence-corrected chi connectivity index (χ2v) is 8.07. The van der Waals surface area contributed by atoms with Gasteiger partial charge in [0.05, 0.1) is 25.5 Å². The number of benzene rings is 1. The Hall–Kier alpha value is -2.94. The molecule has 0 spiro atoms. The van der Waals surface area contributed by atoms with Gasteiger partial charge in [-0.1, -0.05) is 32.0 Å². The summed E-state index contributed by atoms with van der Waals surface area (Å²) >= 11 is 0.958. The molecular weight excluding hydrogens is 428 g/mol. The summed E-state index contributed by atoms with van der Waals surface area (Å²) in [5.74, 6) is -0.143. The fraction of sp³-hybridized carbons (Fsp3) is 0.435. The molecule has 3 rings (SSSR count). The summed E-state index contributed by atoms with van der Waals surface area (Å²) in [6, 6.07) is 10.0. The molecule has 0 bridgehead atoms. The molecule has 32 heavy (non-hydrogen) atoms. The van der Waals surface area contributed by atoms with Crippen molar-refractivity contribution in [2.75, 3.05) is 50.0 Å². The number of nitrogens with one attached hydrogen (secondary N) is 1. The zero-order valence-electron chi connectivity index (χ0n) is 19.0. The molecule has 1 saturated heterocycles. The molecule has 172 valence electrons. The fourth-order valence-corrected chi connectivity index (χ4v) is 4.38. The number of esters is 1. The van der Waals surface area contributed by atoms with Crippen LogP contribution < -0.4 is 14.4 Å². The standard InChI is InChI=1S/C23H30N4O4S/c1-5-16-9-7-8-10-20(16)26-11-13-27(14-12-26)23(29)32-25-19-15-17(22(28)31-4)18(6-2)24-21(19)30-3/h7-10,15,25H,5-6,11-14H2,1-4H3. The molecule has 0 unspecified atom stereocenters. The van der Waals surface area contributed by atoms with Gasteiger partial charge in [0.1, 0.15) is 5.69 Å². The Bertz CT molecular complexity index is 961. The van der Waals surface area contributed by atoms with Gasteiger partial charge in [0.15, 0.2) is 0 Å². The Morgan fingerprint density at radius 1 is 1.09 bits per heavy atom. The average Bonchev–Trinajstić information content (AvgIpc) is 2.86. The number of hydrogen-bond acceptors (Lipinski definition) is 8. The van der Waals surface area contributed by atoms with Crippen LogP contribution in [-0.4, -0.2) is 61.5 Å². The van der Waals surface area contributed by atoms with Crippen LogP contribution in [0.25, 0.3) is 0 Å². The van der Waals surface area contributed by atoms with E-state index in [9.17, 15) is 9.59 Å². The zero-order valence-corrected chi connectivity index (χ0v) is 19.8. The second-order valence-electron chi connectivity index (χ2n) is 7.31. The molecule has 1 amide bonds. The van der Waals surface area contributed by atoms with Gasteiger partial charge in [0.2, 0.25) is 5.88 Å². The van der Waals surface area contributed by atoms with E-state index < -0.39 is 5.97 Å². The highest BCUT2D eigenvalue weighted by Gasteiger charge is 2.24. The van der Waals surface area contributed by atoms with Crippen LogP contribution in [0.1, 0.15) is 35.5 Å². The number of anilines is 2. The van der Waals surface area contributed by atoms with Gasteiger partial charge in [0.25, 0.3) is 0 Å². The van der Waals surface area contributed by atoms with Crippen molar-refractivity contribution in [3.63, 3.8) is 0 Å². The van der Waals surface area contributed by atoms with E-state index in [-0.39, 0.29) is 5.24 Å². The number of hydrogen-bond donors (Lipinski definition) is 1. The van der Waals surface area contributed by atoms with Gasteiger partial charge >= 0.3 is 11.2 Å². The summed E-state index contributed by atoms with van der Waals surface area (Å²) in [5.41, 5.74) is 3.96. The second kappa shape index (κ2) is 11.1. The molecule has 0 saturated carbocycles. The topological polar surface area (TPSA) is 84.0 Å². The third kappa shape index (κ3) is 5.27. The van der Waals surface area contributed by atoms with E-state index in [4.69, 9.17) is 9.47 Å². The first kappa shape index (κ1) is 23.7. The van der Waals surface area contributed by atoms with Gasteiger partial charge < -0.3 is 24.0 Å². The predicted octanol–water partition coefficient (Wildman–Crippen LogP) is 4.00.